The van der Waals surface area contributed by atoms with Crippen molar-refractivity contribution in [1.82, 2.24) is 19.7 Å². The summed E-state index contributed by atoms with van der Waals surface area (Å²) >= 11 is 0. The van der Waals surface area contributed by atoms with E-state index in [1.165, 1.54) is 18.4 Å². The lowest BCUT2D eigenvalue weighted by Gasteiger charge is -2.14. The number of rotatable bonds is 5. The van der Waals surface area contributed by atoms with Crippen LogP contribution in [-0.4, -0.2) is 27.4 Å². The van der Waals surface area contributed by atoms with Crippen molar-refractivity contribution in [2.45, 2.75) is 13.5 Å². The van der Waals surface area contributed by atoms with Crippen LogP contribution in [0.4, 0.5) is 11.5 Å². The number of ether oxygens (including phenoxy) is 1. The molecule has 0 aliphatic carbocycles. The fraction of sp³-hybridized carbons (Fsp3) is 0.143. The summed E-state index contributed by atoms with van der Waals surface area (Å²) in [6.45, 7) is 1.46. The van der Waals surface area contributed by atoms with Crippen LogP contribution >= 0.6 is 0 Å². The molecule has 1 aromatic carbocycles. The zero-order valence-electron chi connectivity index (χ0n) is 16.0. The molecule has 146 valence electrons. The molecule has 0 spiro atoms. The van der Waals surface area contributed by atoms with Crippen molar-refractivity contribution in [2.75, 3.05) is 12.4 Å². The Balaban J connectivity index is 1.86. The number of amides is 1. The summed E-state index contributed by atoms with van der Waals surface area (Å²) < 4.78 is 6.76. The van der Waals surface area contributed by atoms with Gasteiger partial charge in [-0.05, 0) is 36.4 Å². The number of pyridine rings is 2. The van der Waals surface area contributed by atoms with Gasteiger partial charge in [-0.15, -0.1) is 0 Å². The highest BCUT2D eigenvalue weighted by atomic mass is 16.5. The average Bonchev–Trinajstić information content (AvgIpc) is 2.73. The van der Waals surface area contributed by atoms with Gasteiger partial charge in [-0.25, -0.2) is 4.98 Å². The second-order valence-corrected chi connectivity index (χ2v) is 6.46. The number of hydrogen-bond donors (Lipinski definition) is 2. The number of aromatic nitrogens is 3. The summed E-state index contributed by atoms with van der Waals surface area (Å²) in [5.74, 6) is 0.598. The van der Waals surface area contributed by atoms with Crippen molar-refractivity contribution >= 4 is 34.0 Å². The van der Waals surface area contributed by atoms with Gasteiger partial charge in [-0.1, -0.05) is 6.07 Å². The second kappa shape index (κ2) is 7.59. The molecule has 3 heterocycles. The minimum Gasteiger partial charge on any atom is -0.493 e. The van der Waals surface area contributed by atoms with E-state index in [1.807, 2.05) is 30.3 Å². The number of hydrogen-bond acceptors (Lipinski definition) is 6. The molecule has 1 amide bonds. The summed E-state index contributed by atoms with van der Waals surface area (Å²) in [6, 6.07) is 12.9. The first-order valence-electron chi connectivity index (χ1n) is 9.01. The monoisotopic (exact) mass is 389 g/mol. The Labute approximate surface area is 166 Å². The lowest BCUT2D eigenvalue weighted by molar-refractivity contribution is -0.119. The first-order chi connectivity index (χ1) is 14.1. The van der Waals surface area contributed by atoms with E-state index in [0.717, 1.165) is 16.6 Å². The van der Waals surface area contributed by atoms with Gasteiger partial charge in [-0.3, -0.25) is 19.0 Å². The highest BCUT2D eigenvalue weighted by molar-refractivity contribution is 5.83. The number of fused-ring (bicyclic) bond motifs is 2. The zero-order valence-corrected chi connectivity index (χ0v) is 16.0. The third-order valence-electron chi connectivity index (χ3n) is 4.51. The maximum absolute atomic E-state index is 13.1. The minimum absolute atomic E-state index is 0.0544. The van der Waals surface area contributed by atoms with Crippen molar-refractivity contribution in [3.63, 3.8) is 0 Å². The van der Waals surface area contributed by atoms with Gasteiger partial charge >= 0.3 is 0 Å². The minimum atomic E-state index is -0.285. The Bertz CT molecular complexity index is 1280. The SMILES string of the molecule is COc1cccn2c(=O)c(CNC(C)=O)c(Nc3ccc4ncccc4c3)nc12. The number of carbonyl (C=O) groups excluding carboxylic acids is 1. The first-order valence-corrected chi connectivity index (χ1v) is 9.01. The molecular weight excluding hydrogens is 370 g/mol. The molecule has 0 saturated heterocycles. The van der Waals surface area contributed by atoms with Gasteiger partial charge < -0.3 is 15.4 Å². The zero-order chi connectivity index (χ0) is 20.4. The third kappa shape index (κ3) is 3.60. The van der Waals surface area contributed by atoms with E-state index >= 15 is 0 Å². The van der Waals surface area contributed by atoms with Crippen molar-refractivity contribution in [3.05, 3.63) is 70.8 Å². The molecule has 0 radical (unpaired) electrons. The molecule has 8 heteroatoms. The Morgan fingerprint density at radius 1 is 1.21 bits per heavy atom. The number of nitrogens with one attached hydrogen (secondary N) is 2. The van der Waals surface area contributed by atoms with Crippen LogP contribution in [0.15, 0.2) is 59.7 Å². The van der Waals surface area contributed by atoms with Crippen molar-refractivity contribution < 1.29 is 9.53 Å². The van der Waals surface area contributed by atoms with Crippen LogP contribution in [0.1, 0.15) is 12.5 Å². The number of nitrogens with zero attached hydrogens (tertiary/aromatic N) is 3. The van der Waals surface area contributed by atoms with Crippen molar-refractivity contribution in [2.24, 2.45) is 0 Å². The molecule has 2 N–H and O–H groups in total. The highest BCUT2D eigenvalue weighted by Gasteiger charge is 2.16. The predicted octanol–water partition coefficient (Wildman–Crippen LogP) is 2.63. The van der Waals surface area contributed by atoms with Crippen LogP contribution in [0, 0.1) is 0 Å². The molecule has 3 aromatic heterocycles. The van der Waals surface area contributed by atoms with Crippen molar-refractivity contribution in [3.8, 4) is 5.75 Å². The molecule has 0 unspecified atom stereocenters. The smallest absolute Gasteiger partial charge is 0.265 e. The van der Waals surface area contributed by atoms with E-state index in [-0.39, 0.29) is 18.0 Å². The van der Waals surface area contributed by atoms with Gasteiger partial charge in [0.1, 0.15) is 5.82 Å². The molecular formula is C21H19N5O3. The first kappa shape index (κ1) is 18.4. The van der Waals surface area contributed by atoms with Crippen molar-refractivity contribution in [1.29, 1.82) is 0 Å². The summed E-state index contributed by atoms with van der Waals surface area (Å²) in [6.07, 6.45) is 3.36. The summed E-state index contributed by atoms with van der Waals surface area (Å²) in [4.78, 5) is 33.5. The topological polar surface area (TPSA) is 97.6 Å². The highest BCUT2D eigenvalue weighted by Crippen LogP contribution is 2.24. The van der Waals surface area contributed by atoms with E-state index < -0.39 is 0 Å². The molecule has 8 nitrogen and oxygen atoms in total. The Hall–Kier alpha value is -3.94. The normalized spacial score (nSPS) is 10.8. The number of methoxy groups -OCH3 is 1. The number of benzene rings is 1. The van der Waals surface area contributed by atoms with E-state index in [9.17, 15) is 9.59 Å². The lowest BCUT2D eigenvalue weighted by atomic mass is 10.2. The number of carbonyl (C=O) groups is 1. The van der Waals surface area contributed by atoms with Crippen LogP contribution in [0.3, 0.4) is 0 Å². The third-order valence-corrected chi connectivity index (χ3v) is 4.51. The molecule has 0 aliphatic rings. The quantitative estimate of drug-likeness (QED) is 0.545. The molecule has 0 atom stereocenters. The van der Waals surface area contributed by atoms with Crippen LogP contribution in [-0.2, 0) is 11.3 Å². The molecule has 0 aliphatic heterocycles. The van der Waals surface area contributed by atoms with Gasteiger partial charge in [-0.2, -0.15) is 0 Å². The van der Waals surface area contributed by atoms with E-state index in [4.69, 9.17) is 4.74 Å². The molecule has 4 aromatic rings. The standard InChI is InChI=1S/C21H19N5O3/c1-13(27)23-12-16-19(24-15-7-8-17-14(11-15)5-3-9-22-17)25-20-18(29-2)6-4-10-26(20)21(16)28/h3-11,24H,12H2,1-2H3,(H,23,27). The van der Waals surface area contributed by atoms with Gasteiger partial charge in [0.15, 0.2) is 11.4 Å². The van der Waals surface area contributed by atoms with Crippen LogP contribution in [0.2, 0.25) is 0 Å². The van der Waals surface area contributed by atoms with Gasteiger partial charge in [0, 0.05) is 30.4 Å². The lowest BCUT2D eigenvalue weighted by Crippen LogP contribution is -2.28. The molecule has 0 bridgehead atoms. The molecule has 0 fully saturated rings. The molecule has 0 saturated carbocycles. The fourth-order valence-corrected chi connectivity index (χ4v) is 3.10. The average molecular weight is 389 g/mol. The second-order valence-electron chi connectivity index (χ2n) is 6.46. The largest absolute Gasteiger partial charge is 0.493 e. The fourth-order valence-electron chi connectivity index (χ4n) is 3.10. The Morgan fingerprint density at radius 3 is 2.86 bits per heavy atom. The van der Waals surface area contributed by atoms with Gasteiger partial charge in [0.05, 0.1) is 24.7 Å². The maximum Gasteiger partial charge on any atom is 0.265 e. The number of anilines is 2. The summed E-state index contributed by atoms with van der Waals surface area (Å²) in [5.41, 5.74) is 2.06. The Kier molecular flexibility index (Phi) is 4.82. The predicted molar refractivity (Wildman–Crippen MR) is 111 cm³/mol. The molecule has 29 heavy (non-hydrogen) atoms. The van der Waals surface area contributed by atoms with Gasteiger partial charge in [0.25, 0.3) is 5.56 Å². The van der Waals surface area contributed by atoms with E-state index in [2.05, 4.69) is 20.6 Å². The van der Waals surface area contributed by atoms with E-state index in [0.29, 0.717) is 22.8 Å². The molecule has 4 rings (SSSR count). The van der Waals surface area contributed by atoms with Crippen LogP contribution in [0.25, 0.3) is 16.6 Å². The Morgan fingerprint density at radius 2 is 2.07 bits per heavy atom. The van der Waals surface area contributed by atoms with E-state index in [1.54, 1.807) is 24.5 Å². The summed E-state index contributed by atoms with van der Waals surface area (Å²) in [7, 11) is 1.52. The summed E-state index contributed by atoms with van der Waals surface area (Å²) in [5, 5.41) is 6.85. The van der Waals surface area contributed by atoms with Crippen LogP contribution < -0.4 is 20.9 Å². The van der Waals surface area contributed by atoms with Crippen LogP contribution in [0.5, 0.6) is 5.75 Å². The maximum atomic E-state index is 13.1. The van der Waals surface area contributed by atoms with Gasteiger partial charge in [0.2, 0.25) is 5.91 Å².